The lowest BCUT2D eigenvalue weighted by molar-refractivity contribution is 0.479. The Balaban J connectivity index is 1.70. The third-order valence-electron chi connectivity index (χ3n) is 3.50. The zero-order valence-corrected chi connectivity index (χ0v) is 10.7. The molecule has 100 valence electrons. The maximum Gasteiger partial charge on any atom is 0.264 e. The SMILES string of the molecule is O=c1cc(-c2ccc(NC3CCNCC3)cc2)[nH][nH]1. The van der Waals surface area contributed by atoms with Crippen LogP contribution in [-0.4, -0.2) is 29.3 Å². The average molecular weight is 258 g/mol. The number of nitrogens with one attached hydrogen (secondary N) is 4. The zero-order chi connectivity index (χ0) is 13.1. The molecule has 0 amide bonds. The molecule has 19 heavy (non-hydrogen) atoms. The van der Waals surface area contributed by atoms with Crippen molar-refractivity contribution in [1.82, 2.24) is 15.5 Å². The number of hydrogen-bond acceptors (Lipinski definition) is 3. The zero-order valence-electron chi connectivity index (χ0n) is 10.7. The van der Waals surface area contributed by atoms with Crippen molar-refractivity contribution >= 4 is 5.69 Å². The lowest BCUT2D eigenvalue weighted by Crippen LogP contribution is -2.35. The molecule has 5 nitrogen and oxygen atoms in total. The van der Waals surface area contributed by atoms with Gasteiger partial charge in [-0.25, -0.2) is 0 Å². The van der Waals surface area contributed by atoms with Gasteiger partial charge in [0, 0.05) is 17.8 Å². The maximum absolute atomic E-state index is 11.1. The number of benzene rings is 1. The van der Waals surface area contributed by atoms with Crippen LogP contribution in [0.1, 0.15) is 12.8 Å². The van der Waals surface area contributed by atoms with Gasteiger partial charge in [-0.1, -0.05) is 12.1 Å². The molecule has 3 rings (SSSR count). The van der Waals surface area contributed by atoms with Crippen molar-refractivity contribution in [2.75, 3.05) is 18.4 Å². The molecule has 0 unspecified atom stereocenters. The van der Waals surface area contributed by atoms with Crippen LogP contribution in [0.3, 0.4) is 0 Å². The molecule has 1 fully saturated rings. The molecular weight excluding hydrogens is 240 g/mol. The summed E-state index contributed by atoms with van der Waals surface area (Å²) in [5.74, 6) is 0. The normalized spacial score (nSPS) is 16.4. The summed E-state index contributed by atoms with van der Waals surface area (Å²) in [7, 11) is 0. The van der Waals surface area contributed by atoms with Gasteiger partial charge in [0.1, 0.15) is 0 Å². The second-order valence-electron chi connectivity index (χ2n) is 4.92. The second-order valence-corrected chi connectivity index (χ2v) is 4.92. The molecule has 1 aliphatic heterocycles. The van der Waals surface area contributed by atoms with E-state index in [1.165, 1.54) is 0 Å². The number of piperidine rings is 1. The first-order chi connectivity index (χ1) is 9.31. The number of aromatic amines is 2. The highest BCUT2D eigenvalue weighted by molar-refractivity contribution is 5.62. The van der Waals surface area contributed by atoms with Crippen LogP contribution in [0, 0.1) is 0 Å². The highest BCUT2D eigenvalue weighted by atomic mass is 16.1. The van der Waals surface area contributed by atoms with Gasteiger partial charge in [0.2, 0.25) is 0 Å². The number of aromatic nitrogens is 2. The third kappa shape index (κ3) is 2.88. The Kier molecular flexibility index (Phi) is 3.37. The highest BCUT2D eigenvalue weighted by Gasteiger charge is 2.12. The summed E-state index contributed by atoms with van der Waals surface area (Å²) in [6, 6.07) is 10.3. The van der Waals surface area contributed by atoms with E-state index < -0.39 is 0 Å². The van der Waals surface area contributed by atoms with Crippen molar-refractivity contribution < 1.29 is 0 Å². The van der Waals surface area contributed by atoms with Gasteiger partial charge < -0.3 is 10.6 Å². The predicted octanol–water partition coefficient (Wildman–Crippen LogP) is 1.53. The molecule has 2 aromatic rings. The smallest absolute Gasteiger partial charge is 0.264 e. The van der Waals surface area contributed by atoms with Crippen molar-refractivity contribution in [1.29, 1.82) is 0 Å². The van der Waals surface area contributed by atoms with Gasteiger partial charge in [-0.05, 0) is 43.6 Å². The van der Waals surface area contributed by atoms with Crippen LogP contribution in [-0.2, 0) is 0 Å². The van der Waals surface area contributed by atoms with E-state index in [-0.39, 0.29) is 5.56 Å². The molecule has 0 saturated carbocycles. The van der Waals surface area contributed by atoms with Crippen LogP contribution in [0.5, 0.6) is 0 Å². The molecule has 4 N–H and O–H groups in total. The van der Waals surface area contributed by atoms with E-state index in [1.807, 2.05) is 12.1 Å². The molecule has 1 saturated heterocycles. The molecule has 0 aliphatic carbocycles. The Morgan fingerprint density at radius 2 is 1.79 bits per heavy atom. The summed E-state index contributed by atoms with van der Waals surface area (Å²) in [6.45, 7) is 2.17. The summed E-state index contributed by atoms with van der Waals surface area (Å²) in [5.41, 5.74) is 2.85. The number of H-pyrrole nitrogens is 2. The van der Waals surface area contributed by atoms with Gasteiger partial charge in [-0.3, -0.25) is 15.0 Å². The lowest BCUT2D eigenvalue weighted by atomic mass is 10.1. The third-order valence-corrected chi connectivity index (χ3v) is 3.50. The fraction of sp³-hybridized carbons (Fsp3) is 0.357. The van der Waals surface area contributed by atoms with E-state index >= 15 is 0 Å². The van der Waals surface area contributed by atoms with Crippen molar-refractivity contribution in [3.05, 3.63) is 40.7 Å². The largest absolute Gasteiger partial charge is 0.382 e. The first-order valence-corrected chi connectivity index (χ1v) is 6.67. The molecule has 5 heteroatoms. The standard InChI is InChI=1S/C14H18N4O/c19-14-9-13(17-18-14)10-1-3-11(4-2-10)16-12-5-7-15-8-6-12/h1-4,9,12,15-16H,5-8H2,(H2,17,18,19). The first-order valence-electron chi connectivity index (χ1n) is 6.67. The summed E-state index contributed by atoms with van der Waals surface area (Å²) >= 11 is 0. The van der Waals surface area contributed by atoms with Gasteiger partial charge in [0.15, 0.2) is 0 Å². The van der Waals surface area contributed by atoms with Gasteiger partial charge >= 0.3 is 0 Å². The number of hydrogen-bond donors (Lipinski definition) is 4. The van der Waals surface area contributed by atoms with Crippen molar-refractivity contribution in [2.24, 2.45) is 0 Å². The van der Waals surface area contributed by atoms with Crippen molar-refractivity contribution in [3.8, 4) is 11.3 Å². The second kappa shape index (κ2) is 5.32. The van der Waals surface area contributed by atoms with E-state index in [9.17, 15) is 4.79 Å². The Morgan fingerprint density at radius 3 is 2.42 bits per heavy atom. The number of rotatable bonds is 3. The van der Waals surface area contributed by atoms with E-state index in [0.717, 1.165) is 42.9 Å². The molecule has 1 aromatic carbocycles. The van der Waals surface area contributed by atoms with Gasteiger partial charge in [0.05, 0.1) is 5.69 Å². The van der Waals surface area contributed by atoms with E-state index in [1.54, 1.807) is 6.07 Å². The Bertz CT molecular complexity index is 578. The van der Waals surface area contributed by atoms with Crippen LogP contribution in [0.4, 0.5) is 5.69 Å². The summed E-state index contributed by atoms with van der Waals surface area (Å²) in [5, 5.41) is 12.3. The fourth-order valence-corrected chi connectivity index (χ4v) is 2.44. The van der Waals surface area contributed by atoms with Gasteiger partial charge in [-0.15, -0.1) is 0 Å². The Hall–Kier alpha value is -2.01. The molecule has 0 radical (unpaired) electrons. The molecular formula is C14H18N4O. The molecule has 2 heterocycles. The van der Waals surface area contributed by atoms with Crippen molar-refractivity contribution in [3.63, 3.8) is 0 Å². The quantitative estimate of drug-likeness (QED) is 0.674. The van der Waals surface area contributed by atoms with Crippen molar-refractivity contribution in [2.45, 2.75) is 18.9 Å². The minimum absolute atomic E-state index is 0.105. The van der Waals surface area contributed by atoms with Crippen LogP contribution in [0.25, 0.3) is 11.3 Å². The van der Waals surface area contributed by atoms with Crippen LogP contribution >= 0.6 is 0 Å². The molecule has 0 bridgehead atoms. The van der Waals surface area contributed by atoms with Crippen LogP contribution in [0.15, 0.2) is 35.1 Å². The molecule has 1 aliphatic rings. The highest BCUT2D eigenvalue weighted by Crippen LogP contribution is 2.19. The lowest BCUT2D eigenvalue weighted by Gasteiger charge is -2.24. The topological polar surface area (TPSA) is 72.7 Å². The Labute approximate surface area is 111 Å². The Morgan fingerprint density at radius 1 is 1.05 bits per heavy atom. The fourth-order valence-electron chi connectivity index (χ4n) is 2.44. The van der Waals surface area contributed by atoms with Gasteiger partial charge in [0.25, 0.3) is 5.56 Å². The maximum atomic E-state index is 11.1. The van der Waals surface area contributed by atoms with Crippen LogP contribution in [0.2, 0.25) is 0 Å². The summed E-state index contributed by atoms with van der Waals surface area (Å²) in [6.07, 6.45) is 2.32. The van der Waals surface area contributed by atoms with Gasteiger partial charge in [-0.2, -0.15) is 0 Å². The van der Waals surface area contributed by atoms with E-state index in [0.29, 0.717) is 6.04 Å². The molecule has 0 spiro atoms. The minimum atomic E-state index is -0.105. The molecule has 1 aromatic heterocycles. The van der Waals surface area contributed by atoms with Crippen LogP contribution < -0.4 is 16.2 Å². The predicted molar refractivity (Wildman–Crippen MR) is 76.4 cm³/mol. The minimum Gasteiger partial charge on any atom is -0.382 e. The molecule has 0 atom stereocenters. The summed E-state index contributed by atoms with van der Waals surface area (Å²) in [4.78, 5) is 11.1. The van der Waals surface area contributed by atoms with E-state index in [2.05, 4.69) is 33.0 Å². The number of anilines is 1. The first kappa shape index (κ1) is 12.0. The summed E-state index contributed by atoms with van der Waals surface area (Å²) < 4.78 is 0. The van der Waals surface area contributed by atoms with E-state index in [4.69, 9.17) is 0 Å². The monoisotopic (exact) mass is 258 g/mol. The average Bonchev–Trinajstić information content (AvgIpc) is 2.87.